The van der Waals surface area contributed by atoms with Crippen LogP contribution in [0.1, 0.15) is 105 Å². The number of hydrogen-bond acceptors (Lipinski definition) is 1. The Hall–Kier alpha value is -0.590. The highest BCUT2D eigenvalue weighted by molar-refractivity contribution is 5.91. The highest BCUT2D eigenvalue weighted by atomic mass is 16.1. The first-order chi connectivity index (χ1) is 13.3. The minimum absolute atomic E-state index is 0.332. The average molecular weight is 385 g/mol. The Morgan fingerprint density at radius 3 is 2.50 bits per heavy atom. The van der Waals surface area contributed by atoms with Gasteiger partial charge in [-0.3, -0.25) is 4.79 Å². The van der Waals surface area contributed by atoms with Crippen LogP contribution in [0.4, 0.5) is 0 Å². The van der Waals surface area contributed by atoms with Crippen LogP contribution in [0, 0.1) is 46.3 Å². The molecule has 0 aliphatic heterocycles. The Kier molecular flexibility index (Phi) is 5.60. The molecule has 0 N–H and O–H groups in total. The predicted molar refractivity (Wildman–Crippen MR) is 118 cm³/mol. The molecule has 1 nitrogen and oxygen atoms in total. The number of hydrogen-bond donors (Lipinski definition) is 0. The number of allylic oxidation sites excluding steroid dienone is 1. The molecule has 0 heterocycles. The van der Waals surface area contributed by atoms with Gasteiger partial charge in [0.25, 0.3) is 0 Å². The van der Waals surface area contributed by atoms with Gasteiger partial charge >= 0.3 is 0 Å². The number of ketones is 1. The standard InChI is InChI=1S/C27H44O/c1-18(2)7-6-8-19(3)23-11-12-24-22-10-9-20-17-21(28)13-15-26(20,4)25(22)14-16-27(23,24)5/h17-19,22-25H,6-16H2,1-5H3/t19-,22+,23+,24-,25-,26+,27-/m1/s1. The third kappa shape index (κ3) is 3.33. The third-order valence-electron chi connectivity index (χ3n) is 10.2. The van der Waals surface area contributed by atoms with E-state index in [1.165, 1.54) is 63.4 Å². The molecule has 0 aromatic carbocycles. The summed E-state index contributed by atoms with van der Waals surface area (Å²) in [5.41, 5.74) is 2.43. The lowest BCUT2D eigenvalue weighted by Gasteiger charge is -2.58. The zero-order valence-electron chi connectivity index (χ0n) is 19.2. The van der Waals surface area contributed by atoms with Crippen molar-refractivity contribution >= 4 is 5.78 Å². The molecule has 0 unspecified atom stereocenters. The molecule has 0 aromatic heterocycles. The summed E-state index contributed by atoms with van der Waals surface area (Å²) in [4.78, 5) is 12.0. The maximum atomic E-state index is 12.0. The number of rotatable bonds is 5. The molecule has 3 fully saturated rings. The zero-order chi connectivity index (χ0) is 20.1. The topological polar surface area (TPSA) is 17.1 Å². The van der Waals surface area contributed by atoms with Gasteiger partial charge in [0.1, 0.15) is 0 Å². The van der Waals surface area contributed by atoms with Crippen LogP contribution in [0.5, 0.6) is 0 Å². The average Bonchev–Trinajstić information content (AvgIpc) is 2.99. The molecule has 0 amide bonds. The lowest BCUT2D eigenvalue weighted by molar-refractivity contribution is -0.117. The van der Waals surface area contributed by atoms with Crippen molar-refractivity contribution in [3.63, 3.8) is 0 Å². The van der Waals surface area contributed by atoms with E-state index in [4.69, 9.17) is 0 Å². The zero-order valence-corrected chi connectivity index (χ0v) is 19.2. The van der Waals surface area contributed by atoms with Crippen LogP contribution in [0.3, 0.4) is 0 Å². The minimum atomic E-state index is 0.332. The van der Waals surface area contributed by atoms with E-state index in [1.54, 1.807) is 0 Å². The van der Waals surface area contributed by atoms with Crippen LogP contribution < -0.4 is 0 Å². The van der Waals surface area contributed by atoms with Crippen LogP contribution in [-0.4, -0.2) is 5.78 Å². The van der Waals surface area contributed by atoms with Gasteiger partial charge in [-0.05, 0) is 97.4 Å². The molecular formula is C27H44O. The minimum Gasteiger partial charge on any atom is -0.295 e. The number of carbonyl (C=O) groups is 1. The van der Waals surface area contributed by atoms with Crippen molar-refractivity contribution in [3.8, 4) is 0 Å². The molecule has 0 saturated heterocycles. The lowest BCUT2D eigenvalue weighted by atomic mass is 9.46. The smallest absolute Gasteiger partial charge is 0.155 e. The van der Waals surface area contributed by atoms with Crippen molar-refractivity contribution in [2.24, 2.45) is 46.3 Å². The molecule has 0 bridgehead atoms. The molecule has 1 heteroatoms. The second kappa shape index (κ2) is 7.59. The van der Waals surface area contributed by atoms with E-state index in [-0.39, 0.29) is 0 Å². The molecule has 0 spiro atoms. The molecular weight excluding hydrogens is 340 g/mol. The quantitative estimate of drug-likeness (QED) is 0.477. The van der Waals surface area contributed by atoms with Crippen molar-refractivity contribution in [2.45, 2.75) is 105 Å². The van der Waals surface area contributed by atoms with E-state index in [9.17, 15) is 4.79 Å². The Morgan fingerprint density at radius 1 is 0.964 bits per heavy atom. The first-order valence-electron chi connectivity index (χ1n) is 12.5. The summed E-state index contributed by atoms with van der Waals surface area (Å²) in [7, 11) is 0. The van der Waals surface area contributed by atoms with Gasteiger partial charge < -0.3 is 0 Å². The molecule has 3 saturated carbocycles. The van der Waals surface area contributed by atoms with E-state index in [0.717, 1.165) is 48.3 Å². The Morgan fingerprint density at radius 2 is 1.75 bits per heavy atom. The SMILES string of the molecule is CC(C)CCC[C@@H](C)[C@@H]1CC[C@@H]2[C@@H]3CCC4=CC(=O)CC[C@]4(C)[C@@H]3CC[C@@]21C. The monoisotopic (exact) mass is 384 g/mol. The van der Waals surface area contributed by atoms with E-state index < -0.39 is 0 Å². The third-order valence-corrected chi connectivity index (χ3v) is 10.2. The van der Waals surface area contributed by atoms with Crippen LogP contribution in [0.2, 0.25) is 0 Å². The summed E-state index contributed by atoms with van der Waals surface area (Å²) < 4.78 is 0. The molecule has 4 rings (SSSR count). The molecule has 28 heavy (non-hydrogen) atoms. The van der Waals surface area contributed by atoms with Crippen LogP contribution in [-0.2, 0) is 4.79 Å². The highest BCUT2D eigenvalue weighted by Crippen LogP contribution is 2.67. The van der Waals surface area contributed by atoms with Crippen molar-refractivity contribution in [2.75, 3.05) is 0 Å². The summed E-state index contributed by atoms with van der Waals surface area (Å²) in [5.74, 6) is 5.79. The van der Waals surface area contributed by atoms with Crippen LogP contribution >= 0.6 is 0 Å². The maximum Gasteiger partial charge on any atom is 0.155 e. The van der Waals surface area contributed by atoms with E-state index in [2.05, 4.69) is 40.7 Å². The van der Waals surface area contributed by atoms with Crippen molar-refractivity contribution in [1.29, 1.82) is 0 Å². The first-order valence-corrected chi connectivity index (χ1v) is 12.5. The molecule has 7 atom stereocenters. The van der Waals surface area contributed by atoms with E-state index >= 15 is 0 Å². The fourth-order valence-electron chi connectivity index (χ4n) is 8.58. The van der Waals surface area contributed by atoms with Crippen molar-refractivity contribution < 1.29 is 4.79 Å². The highest BCUT2D eigenvalue weighted by Gasteiger charge is 2.59. The van der Waals surface area contributed by atoms with Crippen LogP contribution in [0.25, 0.3) is 0 Å². The largest absolute Gasteiger partial charge is 0.295 e. The Labute approximate surface area is 174 Å². The van der Waals surface area contributed by atoms with Gasteiger partial charge in [-0.15, -0.1) is 0 Å². The van der Waals surface area contributed by atoms with Gasteiger partial charge in [0, 0.05) is 6.42 Å². The van der Waals surface area contributed by atoms with Gasteiger partial charge in [0.15, 0.2) is 5.78 Å². The Balaban J connectivity index is 1.49. The molecule has 4 aliphatic rings. The normalized spacial score (nSPS) is 43.9. The number of fused-ring (bicyclic) bond motifs is 5. The molecule has 158 valence electrons. The number of carbonyl (C=O) groups excluding carboxylic acids is 1. The fourth-order valence-corrected chi connectivity index (χ4v) is 8.58. The lowest BCUT2D eigenvalue weighted by Crippen LogP contribution is -2.50. The first kappa shape index (κ1) is 20.7. The molecule has 4 aliphatic carbocycles. The van der Waals surface area contributed by atoms with Gasteiger partial charge in [-0.1, -0.05) is 59.5 Å². The summed E-state index contributed by atoms with van der Waals surface area (Å²) in [6.07, 6.45) is 16.6. The van der Waals surface area contributed by atoms with Gasteiger partial charge in [-0.2, -0.15) is 0 Å². The van der Waals surface area contributed by atoms with Gasteiger partial charge in [-0.25, -0.2) is 0 Å². The van der Waals surface area contributed by atoms with Gasteiger partial charge in [0.2, 0.25) is 0 Å². The fraction of sp³-hybridized carbons (Fsp3) is 0.889. The summed E-state index contributed by atoms with van der Waals surface area (Å²) in [6, 6.07) is 0. The summed E-state index contributed by atoms with van der Waals surface area (Å²) in [5, 5.41) is 0. The molecule has 0 radical (unpaired) electrons. The van der Waals surface area contributed by atoms with Gasteiger partial charge in [0.05, 0.1) is 0 Å². The van der Waals surface area contributed by atoms with Crippen molar-refractivity contribution in [1.82, 2.24) is 0 Å². The predicted octanol–water partition coefficient (Wildman–Crippen LogP) is 7.60. The second-order valence-electron chi connectivity index (χ2n) is 12.0. The maximum absolute atomic E-state index is 12.0. The van der Waals surface area contributed by atoms with E-state index in [1.807, 2.05) is 0 Å². The van der Waals surface area contributed by atoms with Crippen LogP contribution in [0.15, 0.2) is 11.6 Å². The summed E-state index contributed by atoms with van der Waals surface area (Å²) in [6.45, 7) is 12.5. The van der Waals surface area contributed by atoms with Crippen molar-refractivity contribution in [3.05, 3.63) is 11.6 Å². The Bertz CT molecular complexity index is 630. The second-order valence-corrected chi connectivity index (χ2v) is 12.0. The van der Waals surface area contributed by atoms with E-state index in [0.29, 0.717) is 16.6 Å². The molecule has 0 aromatic rings. The summed E-state index contributed by atoms with van der Waals surface area (Å²) >= 11 is 0.